The fraction of sp³-hybridized carbons (Fsp3) is 0.333. The van der Waals surface area contributed by atoms with Gasteiger partial charge >= 0.3 is 12.5 Å². The van der Waals surface area contributed by atoms with Crippen molar-refractivity contribution in [3.05, 3.63) is 82.4 Å². The van der Waals surface area contributed by atoms with Gasteiger partial charge < -0.3 is 14.2 Å². The molecule has 1 fully saturated rings. The minimum absolute atomic E-state index is 0.132. The second kappa shape index (κ2) is 11.4. The molecule has 1 aliphatic heterocycles. The van der Waals surface area contributed by atoms with E-state index in [1.54, 1.807) is 0 Å². The molecular formula is C27H19F11O3. The van der Waals surface area contributed by atoms with Crippen LogP contribution >= 0.6 is 0 Å². The van der Waals surface area contributed by atoms with Crippen molar-refractivity contribution in [2.24, 2.45) is 5.92 Å². The summed E-state index contributed by atoms with van der Waals surface area (Å²) in [4.78, 5) is 0. The van der Waals surface area contributed by atoms with E-state index in [0.717, 1.165) is 25.0 Å². The molecule has 0 bridgehead atoms. The Kier molecular flexibility index (Phi) is 8.44. The highest BCUT2D eigenvalue weighted by Gasteiger charge is 2.42. The molecule has 14 heteroatoms. The van der Waals surface area contributed by atoms with Crippen molar-refractivity contribution in [1.29, 1.82) is 0 Å². The summed E-state index contributed by atoms with van der Waals surface area (Å²) < 4.78 is 166. The fourth-order valence-electron chi connectivity index (χ4n) is 4.45. The number of alkyl halides is 5. The smallest absolute Gasteiger partial charge is 0.429 e. The molecule has 0 aromatic heterocycles. The van der Waals surface area contributed by atoms with Gasteiger partial charge in [0.25, 0.3) is 0 Å². The van der Waals surface area contributed by atoms with E-state index in [9.17, 15) is 48.3 Å². The van der Waals surface area contributed by atoms with E-state index < -0.39 is 81.7 Å². The third kappa shape index (κ3) is 6.68. The van der Waals surface area contributed by atoms with Gasteiger partial charge in [-0.1, -0.05) is 13.3 Å². The van der Waals surface area contributed by atoms with Gasteiger partial charge in [0.2, 0.25) is 5.75 Å². The van der Waals surface area contributed by atoms with E-state index in [0.29, 0.717) is 18.9 Å². The van der Waals surface area contributed by atoms with Gasteiger partial charge in [-0.3, -0.25) is 0 Å². The summed E-state index contributed by atoms with van der Waals surface area (Å²) in [5.74, 6) is -13.9. The predicted molar refractivity (Wildman–Crippen MR) is 121 cm³/mol. The molecule has 2 unspecified atom stereocenters. The first-order valence-electron chi connectivity index (χ1n) is 12.0. The van der Waals surface area contributed by atoms with Gasteiger partial charge in [-0.25, -0.2) is 26.3 Å². The van der Waals surface area contributed by atoms with Crippen LogP contribution in [0.1, 0.15) is 43.4 Å². The van der Waals surface area contributed by atoms with Crippen molar-refractivity contribution in [1.82, 2.24) is 0 Å². The Labute approximate surface area is 225 Å². The second-order valence-electron chi connectivity index (χ2n) is 9.23. The van der Waals surface area contributed by atoms with Crippen LogP contribution < -0.4 is 9.47 Å². The fourth-order valence-corrected chi connectivity index (χ4v) is 4.45. The zero-order valence-corrected chi connectivity index (χ0v) is 20.8. The first kappa shape index (κ1) is 30.4. The molecule has 4 rings (SSSR count). The van der Waals surface area contributed by atoms with Crippen LogP contribution in [0.3, 0.4) is 0 Å². The summed E-state index contributed by atoms with van der Waals surface area (Å²) in [6.45, 7) is 2.35. The van der Waals surface area contributed by atoms with Crippen LogP contribution in [-0.4, -0.2) is 13.0 Å². The monoisotopic (exact) mass is 600 g/mol. The van der Waals surface area contributed by atoms with Crippen LogP contribution in [0, 0.1) is 40.8 Å². The van der Waals surface area contributed by atoms with Crippen molar-refractivity contribution in [2.75, 3.05) is 6.61 Å². The maximum Gasteiger partial charge on any atom is 0.573 e. The predicted octanol–water partition coefficient (Wildman–Crippen LogP) is 9.09. The highest BCUT2D eigenvalue weighted by Crippen LogP contribution is 2.41. The molecule has 1 aliphatic rings. The molecule has 41 heavy (non-hydrogen) atoms. The minimum Gasteiger partial charge on any atom is -0.429 e. The Bertz CT molecular complexity index is 1360. The van der Waals surface area contributed by atoms with Crippen LogP contribution in [0.25, 0.3) is 11.1 Å². The van der Waals surface area contributed by atoms with E-state index in [1.807, 2.05) is 6.92 Å². The van der Waals surface area contributed by atoms with Crippen molar-refractivity contribution < 1.29 is 62.5 Å². The molecule has 0 saturated carbocycles. The molecule has 0 spiro atoms. The van der Waals surface area contributed by atoms with E-state index in [-0.39, 0.29) is 29.8 Å². The Morgan fingerprint density at radius 3 is 1.76 bits per heavy atom. The lowest BCUT2D eigenvalue weighted by Gasteiger charge is -2.29. The second-order valence-corrected chi connectivity index (χ2v) is 9.23. The first-order valence-corrected chi connectivity index (χ1v) is 12.0. The summed E-state index contributed by atoms with van der Waals surface area (Å²) in [6.07, 6.45) is -9.04. The molecule has 3 aromatic rings. The van der Waals surface area contributed by atoms with Crippen molar-refractivity contribution in [2.45, 2.75) is 44.8 Å². The number of rotatable bonds is 7. The molecule has 0 radical (unpaired) electrons. The zero-order chi connectivity index (χ0) is 30.3. The molecule has 222 valence electrons. The van der Waals surface area contributed by atoms with Gasteiger partial charge in [-0.15, -0.1) is 13.2 Å². The van der Waals surface area contributed by atoms with E-state index in [2.05, 4.69) is 9.47 Å². The summed E-state index contributed by atoms with van der Waals surface area (Å²) in [7, 11) is 0. The molecule has 1 saturated heterocycles. The molecule has 1 heterocycles. The SMILES string of the molecule is CCC1CCC(c2cc(F)c(-c3cc(F)c(C(F)(F)Oc4cc(F)c(OC(F)(F)F)c(F)c4)c(F)c3)c(F)c2)OC1. The van der Waals surface area contributed by atoms with Crippen LogP contribution in [0.5, 0.6) is 11.5 Å². The molecule has 2 atom stereocenters. The van der Waals surface area contributed by atoms with Crippen LogP contribution in [0.15, 0.2) is 36.4 Å². The average molecular weight is 600 g/mol. The van der Waals surface area contributed by atoms with E-state index >= 15 is 0 Å². The largest absolute Gasteiger partial charge is 0.573 e. The first-order chi connectivity index (χ1) is 19.1. The quantitative estimate of drug-likeness (QED) is 0.253. The third-order valence-electron chi connectivity index (χ3n) is 6.44. The van der Waals surface area contributed by atoms with Gasteiger partial charge in [0.05, 0.1) is 18.3 Å². The van der Waals surface area contributed by atoms with Crippen molar-refractivity contribution >= 4 is 0 Å². The number of halogens is 11. The molecular weight excluding hydrogens is 581 g/mol. The lowest BCUT2D eigenvalue weighted by atomic mass is 9.92. The standard InChI is InChI=1S/C27H19F11O3/c1-2-12-3-4-22(39-11-12)13-5-16(28)23(17(29)6-13)14-7-18(30)24(19(31)8-14)26(34,35)40-15-9-20(32)25(21(33)10-15)41-27(36,37)38/h5-10,12,22H,2-4,11H2,1H3. The Balaban J connectivity index is 1.61. The lowest BCUT2D eigenvalue weighted by Crippen LogP contribution is -2.25. The third-order valence-corrected chi connectivity index (χ3v) is 6.44. The Morgan fingerprint density at radius 1 is 0.732 bits per heavy atom. The number of ether oxygens (including phenoxy) is 3. The maximum absolute atomic E-state index is 14.9. The Hall–Kier alpha value is -3.55. The molecule has 3 aromatic carbocycles. The van der Waals surface area contributed by atoms with Gasteiger partial charge in [0.1, 0.15) is 34.6 Å². The zero-order valence-electron chi connectivity index (χ0n) is 20.8. The van der Waals surface area contributed by atoms with Crippen LogP contribution in [0.2, 0.25) is 0 Å². The van der Waals surface area contributed by atoms with E-state index in [4.69, 9.17) is 4.74 Å². The summed E-state index contributed by atoms with van der Waals surface area (Å²) in [6, 6.07) is 1.94. The van der Waals surface area contributed by atoms with Crippen molar-refractivity contribution in [3.63, 3.8) is 0 Å². The lowest BCUT2D eigenvalue weighted by molar-refractivity contribution is -0.276. The van der Waals surface area contributed by atoms with Crippen molar-refractivity contribution in [3.8, 4) is 22.6 Å². The number of benzene rings is 3. The number of hydrogen-bond acceptors (Lipinski definition) is 3. The minimum atomic E-state index is -5.52. The van der Waals surface area contributed by atoms with Gasteiger partial charge in [-0.2, -0.15) is 8.78 Å². The van der Waals surface area contributed by atoms with E-state index in [1.165, 1.54) is 0 Å². The van der Waals surface area contributed by atoms with Crippen LogP contribution in [-0.2, 0) is 10.8 Å². The van der Waals surface area contributed by atoms with Gasteiger partial charge in [0, 0.05) is 12.1 Å². The van der Waals surface area contributed by atoms with Gasteiger partial charge in [0.15, 0.2) is 11.6 Å². The highest BCUT2D eigenvalue weighted by atomic mass is 19.4. The summed E-state index contributed by atoms with van der Waals surface area (Å²) in [5, 5.41) is 0. The Morgan fingerprint density at radius 2 is 1.29 bits per heavy atom. The molecule has 0 aliphatic carbocycles. The summed E-state index contributed by atoms with van der Waals surface area (Å²) in [5.41, 5.74) is -3.67. The normalized spacial score (nSPS) is 18.0. The molecule has 0 amide bonds. The maximum atomic E-state index is 14.9. The average Bonchev–Trinajstić information content (AvgIpc) is 2.84. The number of hydrogen-bond donors (Lipinski definition) is 0. The topological polar surface area (TPSA) is 27.7 Å². The highest BCUT2D eigenvalue weighted by molar-refractivity contribution is 5.66. The molecule has 3 nitrogen and oxygen atoms in total. The van der Waals surface area contributed by atoms with Gasteiger partial charge in [-0.05, 0) is 54.2 Å². The summed E-state index contributed by atoms with van der Waals surface area (Å²) >= 11 is 0. The molecule has 0 N–H and O–H groups in total. The van der Waals surface area contributed by atoms with Crippen LogP contribution in [0.4, 0.5) is 48.3 Å².